The van der Waals surface area contributed by atoms with Crippen LogP contribution in [0.3, 0.4) is 0 Å². The summed E-state index contributed by atoms with van der Waals surface area (Å²) < 4.78 is 61.4. The van der Waals surface area contributed by atoms with E-state index in [9.17, 15) is 18.0 Å². The SMILES string of the molecule is Cc1cn(Cc2ccccc2F)c2c(F)c(-c3ccc(OCC(C)C)cc3)c(CN(C)CCc3ccccn3)n2c1=O.Cl.Cl.N#CCF.N=C(N)CF. The van der Waals surface area contributed by atoms with Gasteiger partial charge in [-0.1, -0.05) is 50.2 Å². The van der Waals surface area contributed by atoms with Crippen molar-refractivity contribution in [3.63, 3.8) is 0 Å². The maximum Gasteiger partial charge on any atom is 0.260 e. The van der Waals surface area contributed by atoms with Crippen molar-refractivity contribution in [2.45, 2.75) is 40.3 Å². The second-order valence-corrected chi connectivity index (χ2v) is 12.1. The molecule has 9 nitrogen and oxygen atoms in total. The normalized spacial score (nSPS) is 10.3. The van der Waals surface area contributed by atoms with Crippen molar-refractivity contribution in [1.82, 2.24) is 18.9 Å². The summed E-state index contributed by atoms with van der Waals surface area (Å²) >= 11 is 0. The van der Waals surface area contributed by atoms with Crippen LogP contribution < -0.4 is 16.0 Å². The number of nitriles is 1. The minimum Gasteiger partial charge on any atom is -0.493 e. The monoisotopic (exact) mass is 777 g/mol. The highest BCUT2D eigenvalue weighted by Gasteiger charge is 2.26. The number of ether oxygens (including phenoxy) is 1. The molecule has 3 N–H and O–H groups in total. The van der Waals surface area contributed by atoms with Crippen molar-refractivity contribution in [1.29, 1.82) is 10.7 Å². The smallest absolute Gasteiger partial charge is 0.260 e. The van der Waals surface area contributed by atoms with E-state index in [1.54, 1.807) is 42.1 Å². The Hall–Kier alpha value is -4.90. The summed E-state index contributed by atoms with van der Waals surface area (Å²) in [5, 5.41) is 13.4. The number of pyridine rings is 1. The number of aryl methyl sites for hydroxylation is 1. The van der Waals surface area contributed by atoms with E-state index in [1.807, 2.05) is 49.5 Å². The summed E-state index contributed by atoms with van der Waals surface area (Å²) in [4.78, 5) is 20.1. The highest BCUT2D eigenvalue weighted by atomic mass is 35.5. The van der Waals surface area contributed by atoms with Crippen molar-refractivity contribution in [2.75, 3.05) is 33.5 Å². The van der Waals surface area contributed by atoms with Crippen LogP contribution in [-0.4, -0.2) is 58.2 Å². The van der Waals surface area contributed by atoms with E-state index in [4.69, 9.17) is 15.4 Å². The number of amidine groups is 1. The molecule has 0 bridgehead atoms. The van der Waals surface area contributed by atoms with Crippen molar-refractivity contribution in [2.24, 2.45) is 11.7 Å². The first kappa shape index (κ1) is 46.1. The first-order chi connectivity index (χ1) is 24.4. The molecular formula is C38H45Cl2F4N7O2. The van der Waals surface area contributed by atoms with Crippen LogP contribution in [0.2, 0.25) is 0 Å². The summed E-state index contributed by atoms with van der Waals surface area (Å²) in [6.07, 6.45) is 4.07. The topological polar surface area (TPSA) is 125 Å². The molecule has 15 heteroatoms. The van der Waals surface area contributed by atoms with Gasteiger partial charge in [-0.15, -0.1) is 24.8 Å². The molecule has 286 valence electrons. The number of halogens is 6. The van der Waals surface area contributed by atoms with Crippen LogP contribution in [0.15, 0.2) is 83.9 Å². The number of rotatable bonds is 12. The third kappa shape index (κ3) is 13.2. The second kappa shape index (κ2) is 22.9. The minimum absolute atomic E-state index is 0. The molecule has 0 radical (unpaired) electrons. The lowest BCUT2D eigenvalue weighted by molar-refractivity contribution is 0.271. The van der Waals surface area contributed by atoms with Gasteiger partial charge in [0.15, 0.2) is 18.1 Å². The summed E-state index contributed by atoms with van der Waals surface area (Å²) in [6, 6.07) is 20.8. The van der Waals surface area contributed by atoms with Crippen molar-refractivity contribution in [3.05, 3.63) is 124 Å². The number of benzene rings is 2. The Labute approximate surface area is 319 Å². The van der Waals surface area contributed by atoms with Crippen LogP contribution in [-0.2, 0) is 19.5 Å². The molecular weight excluding hydrogens is 733 g/mol. The third-order valence-corrected chi connectivity index (χ3v) is 7.47. The molecule has 5 aromatic rings. The van der Waals surface area contributed by atoms with Crippen molar-refractivity contribution in [3.8, 4) is 22.9 Å². The molecule has 53 heavy (non-hydrogen) atoms. The van der Waals surface area contributed by atoms with Crippen LogP contribution in [0.1, 0.15) is 36.4 Å². The number of hydrogen-bond acceptors (Lipinski definition) is 6. The van der Waals surface area contributed by atoms with Gasteiger partial charge in [-0.05, 0) is 55.8 Å². The molecule has 3 aromatic heterocycles. The van der Waals surface area contributed by atoms with Crippen molar-refractivity contribution < 1.29 is 22.3 Å². The quantitative estimate of drug-likeness (QED) is 0.0760. The van der Waals surface area contributed by atoms with Gasteiger partial charge in [0.25, 0.3) is 5.56 Å². The largest absolute Gasteiger partial charge is 0.493 e. The van der Waals surface area contributed by atoms with Gasteiger partial charge >= 0.3 is 0 Å². The number of alkyl halides is 2. The standard InChI is InChI=1S/C34H36F2N4O2.C2H5FN2.C2H2FN.2ClH/c1-23(2)22-42-28-14-12-25(13-15-28)31-30(21-38(4)18-16-27-10-7-8-17-37-27)40-33(32(31)36)39(19-24(3)34(40)41)20-26-9-5-6-11-29(26)35;3-1-2(4)5;3-1-2-4;;/h5-15,17,19,23H,16,18,20-22H2,1-4H3;1H2,(H3,4,5);1H2;2*1H. The lowest BCUT2D eigenvalue weighted by Gasteiger charge is -2.18. The zero-order chi connectivity index (χ0) is 37.5. The van der Waals surface area contributed by atoms with Crippen molar-refractivity contribution >= 4 is 36.3 Å². The molecule has 2 aromatic carbocycles. The zero-order valence-electron chi connectivity index (χ0n) is 30.0. The fourth-order valence-electron chi connectivity index (χ4n) is 5.12. The Morgan fingerprint density at radius 2 is 1.68 bits per heavy atom. The van der Waals surface area contributed by atoms with Gasteiger partial charge in [0.2, 0.25) is 0 Å². The fourth-order valence-corrected chi connectivity index (χ4v) is 5.12. The maximum absolute atomic E-state index is 16.7. The van der Waals surface area contributed by atoms with Crippen LogP contribution >= 0.6 is 24.8 Å². The van der Waals surface area contributed by atoms with Crippen LogP contribution in [0.25, 0.3) is 16.8 Å². The Morgan fingerprint density at radius 1 is 1.06 bits per heavy atom. The summed E-state index contributed by atoms with van der Waals surface area (Å²) in [5.74, 6) is -0.251. The van der Waals surface area contributed by atoms with E-state index in [0.717, 1.165) is 5.69 Å². The average Bonchev–Trinajstić information content (AvgIpc) is 3.41. The molecule has 0 fully saturated rings. The van der Waals surface area contributed by atoms with Gasteiger partial charge in [0.1, 0.15) is 24.1 Å². The number of fused-ring (bicyclic) bond motifs is 1. The van der Waals surface area contributed by atoms with Crippen LogP contribution in [0.4, 0.5) is 17.6 Å². The molecule has 0 saturated carbocycles. The maximum atomic E-state index is 16.7. The van der Waals surface area contributed by atoms with Gasteiger partial charge in [-0.25, -0.2) is 17.6 Å². The van der Waals surface area contributed by atoms with Crippen LogP contribution in [0, 0.1) is 41.2 Å². The summed E-state index contributed by atoms with van der Waals surface area (Å²) in [7, 11) is 1.94. The van der Waals surface area contributed by atoms with E-state index in [-0.39, 0.29) is 48.4 Å². The first-order valence-electron chi connectivity index (χ1n) is 16.2. The highest BCUT2D eigenvalue weighted by Crippen LogP contribution is 2.34. The molecule has 0 unspecified atom stereocenters. The number of likely N-dealkylation sites (N-methyl/N-ethyl adjacent to an activating group) is 1. The highest BCUT2D eigenvalue weighted by molar-refractivity contribution is 5.85. The fraction of sp³-hybridized carbons (Fsp3) is 0.316. The summed E-state index contributed by atoms with van der Waals surface area (Å²) in [6.45, 7) is 5.77. The van der Waals surface area contributed by atoms with Gasteiger partial charge in [0, 0.05) is 54.3 Å². The molecule has 0 aliphatic carbocycles. The first-order valence-corrected chi connectivity index (χ1v) is 16.2. The van der Waals surface area contributed by atoms with Gasteiger partial charge in [-0.2, -0.15) is 5.26 Å². The molecule has 5 rings (SSSR count). The predicted molar refractivity (Wildman–Crippen MR) is 206 cm³/mol. The van der Waals surface area contributed by atoms with Crippen LogP contribution in [0.5, 0.6) is 5.75 Å². The van der Waals surface area contributed by atoms with E-state index >= 15 is 4.39 Å². The number of hydrogen-bond donors (Lipinski definition) is 2. The van der Waals surface area contributed by atoms with Gasteiger partial charge in [0.05, 0.1) is 24.9 Å². The second-order valence-electron chi connectivity index (χ2n) is 12.1. The molecule has 0 atom stereocenters. The number of aromatic nitrogens is 3. The molecule has 0 aliphatic rings. The van der Waals surface area contributed by atoms with E-state index < -0.39 is 25.0 Å². The van der Waals surface area contributed by atoms with Gasteiger partial charge < -0.3 is 19.9 Å². The molecule has 0 aliphatic heterocycles. The molecule has 0 amide bonds. The molecule has 3 heterocycles. The third-order valence-electron chi connectivity index (χ3n) is 7.47. The van der Waals surface area contributed by atoms with Gasteiger partial charge in [-0.3, -0.25) is 19.6 Å². The Morgan fingerprint density at radius 3 is 2.23 bits per heavy atom. The lowest BCUT2D eigenvalue weighted by Crippen LogP contribution is -2.27. The zero-order valence-corrected chi connectivity index (χ0v) is 31.6. The number of nitrogens with two attached hydrogens (primary N) is 1. The average molecular weight is 779 g/mol. The number of nitrogens with one attached hydrogen (secondary N) is 1. The van der Waals surface area contributed by atoms with E-state index in [0.29, 0.717) is 65.7 Å². The van der Waals surface area contributed by atoms with E-state index in [2.05, 4.69) is 29.5 Å². The number of nitrogens with zero attached hydrogens (tertiary/aromatic N) is 5. The Bertz CT molecular complexity index is 1980. The molecule has 0 spiro atoms. The Kier molecular flexibility index (Phi) is 19.9. The lowest BCUT2D eigenvalue weighted by atomic mass is 10.0. The summed E-state index contributed by atoms with van der Waals surface area (Å²) in [5.41, 5.74) is 7.63. The van der Waals surface area contributed by atoms with E-state index in [1.165, 1.54) is 16.5 Å². The Balaban J connectivity index is 0.00000115. The minimum atomic E-state index is -0.875. The molecule has 0 saturated heterocycles. The predicted octanol–water partition coefficient (Wildman–Crippen LogP) is 7.72.